The van der Waals surface area contributed by atoms with Crippen molar-refractivity contribution in [1.82, 2.24) is 19.9 Å². The van der Waals surface area contributed by atoms with E-state index in [1.54, 1.807) is 6.33 Å². The first kappa shape index (κ1) is 15.2. The van der Waals surface area contributed by atoms with Crippen LogP contribution in [0.3, 0.4) is 0 Å². The zero-order chi connectivity index (χ0) is 16.4. The quantitative estimate of drug-likeness (QED) is 0.735. The van der Waals surface area contributed by atoms with Crippen LogP contribution in [-0.4, -0.2) is 39.0 Å². The summed E-state index contributed by atoms with van der Waals surface area (Å²) in [6.45, 7) is 4.67. The van der Waals surface area contributed by atoms with E-state index < -0.39 is 0 Å². The molecule has 0 spiro atoms. The minimum atomic E-state index is 0.723. The van der Waals surface area contributed by atoms with Crippen molar-refractivity contribution in [3.8, 4) is 11.1 Å². The summed E-state index contributed by atoms with van der Waals surface area (Å²) in [5.74, 6) is 0. The van der Waals surface area contributed by atoms with Crippen molar-refractivity contribution in [3.63, 3.8) is 0 Å². The Morgan fingerprint density at radius 1 is 1.08 bits per heavy atom. The van der Waals surface area contributed by atoms with Gasteiger partial charge in [-0.05, 0) is 50.1 Å². The van der Waals surface area contributed by atoms with Crippen LogP contribution >= 0.6 is 0 Å². The molecule has 0 bridgehead atoms. The van der Waals surface area contributed by atoms with Gasteiger partial charge in [0.15, 0.2) is 0 Å². The SMILES string of the molecule is C[C@@H]1CCCN1CCc1ccc2cc(-c3cncnc3)ccc2n1. The van der Waals surface area contributed by atoms with Crippen LogP contribution in [0.15, 0.2) is 49.1 Å². The summed E-state index contributed by atoms with van der Waals surface area (Å²) < 4.78 is 0. The number of benzene rings is 1. The molecule has 0 N–H and O–H groups in total. The molecule has 2 aromatic heterocycles. The highest BCUT2D eigenvalue weighted by Gasteiger charge is 2.19. The van der Waals surface area contributed by atoms with E-state index in [9.17, 15) is 0 Å². The highest BCUT2D eigenvalue weighted by atomic mass is 15.2. The molecule has 4 nitrogen and oxygen atoms in total. The molecule has 122 valence electrons. The smallest absolute Gasteiger partial charge is 0.115 e. The second-order valence-corrected chi connectivity index (χ2v) is 6.61. The van der Waals surface area contributed by atoms with E-state index in [0.717, 1.165) is 41.0 Å². The molecule has 1 atom stereocenters. The van der Waals surface area contributed by atoms with Crippen molar-refractivity contribution in [3.05, 3.63) is 54.7 Å². The molecular formula is C20H22N4. The van der Waals surface area contributed by atoms with Crippen LogP contribution in [0.25, 0.3) is 22.0 Å². The predicted molar refractivity (Wildman–Crippen MR) is 96.7 cm³/mol. The number of nitrogens with zero attached hydrogens (tertiary/aromatic N) is 4. The van der Waals surface area contributed by atoms with Gasteiger partial charge in [0.2, 0.25) is 0 Å². The Bertz CT molecular complexity index is 831. The lowest BCUT2D eigenvalue weighted by molar-refractivity contribution is 0.271. The van der Waals surface area contributed by atoms with Gasteiger partial charge in [0, 0.05) is 48.0 Å². The fourth-order valence-corrected chi connectivity index (χ4v) is 3.52. The molecule has 1 aliphatic rings. The average molecular weight is 318 g/mol. The van der Waals surface area contributed by atoms with E-state index in [2.05, 4.69) is 52.1 Å². The third kappa shape index (κ3) is 3.15. The summed E-state index contributed by atoms with van der Waals surface area (Å²) in [7, 11) is 0. The molecule has 0 saturated carbocycles. The molecular weight excluding hydrogens is 296 g/mol. The lowest BCUT2D eigenvalue weighted by Crippen LogP contribution is -2.29. The number of rotatable bonds is 4. The zero-order valence-electron chi connectivity index (χ0n) is 14.0. The first-order valence-electron chi connectivity index (χ1n) is 8.69. The van der Waals surface area contributed by atoms with Gasteiger partial charge in [-0.2, -0.15) is 0 Å². The second-order valence-electron chi connectivity index (χ2n) is 6.61. The van der Waals surface area contributed by atoms with E-state index in [1.807, 2.05) is 12.4 Å². The fourth-order valence-electron chi connectivity index (χ4n) is 3.52. The topological polar surface area (TPSA) is 41.9 Å². The van der Waals surface area contributed by atoms with Gasteiger partial charge in [-0.15, -0.1) is 0 Å². The van der Waals surface area contributed by atoms with E-state index in [-0.39, 0.29) is 0 Å². The maximum atomic E-state index is 4.84. The molecule has 1 aliphatic heterocycles. The largest absolute Gasteiger partial charge is 0.300 e. The van der Waals surface area contributed by atoms with E-state index in [4.69, 9.17) is 4.98 Å². The van der Waals surface area contributed by atoms with Crippen LogP contribution in [0.1, 0.15) is 25.5 Å². The van der Waals surface area contributed by atoms with E-state index in [0.29, 0.717) is 0 Å². The molecule has 0 radical (unpaired) electrons. The van der Waals surface area contributed by atoms with Crippen molar-refractivity contribution in [2.75, 3.05) is 13.1 Å². The lowest BCUT2D eigenvalue weighted by atomic mass is 10.1. The first-order chi connectivity index (χ1) is 11.8. The Labute approximate surface area is 142 Å². The number of hydrogen-bond donors (Lipinski definition) is 0. The van der Waals surface area contributed by atoms with Gasteiger partial charge in [0.1, 0.15) is 6.33 Å². The third-order valence-corrected chi connectivity index (χ3v) is 4.99. The summed E-state index contributed by atoms with van der Waals surface area (Å²) >= 11 is 0. The molecule has 4 heteroatoms. The molecule has 1 fully saturated rings. The summed E-state index contributed by atoms with van der Waals surface area (Å²) in [6, 6.07) is 11.4. The normalized spacial score (nSPS) is 18.3. The van der Waals surface area contributed by atoms with Gasteiger partial charge < -0.3 is 4.90 Å². The molecule has 4 rings (SSSR count). The number of aromatic nitrogens is 3. The minimum absolute atomic E-state index is 0.723. The van der Waals surface area contributed by atoms with Crippen LogP contribution in [0.2, 0.25) is 0 Å². The van der Waals surface area contributed by atoms with E-state index in [1.165, 1.54) is 25.1 Å². The number of fused-ring (bicyclic) bond motifs is 1. The second kappa shape index (κ2) is 6.65. The van der Waals surface area contributed by atoms with Crippen LogP contribution in [-0.2, 0) is 6.42 Å². The highest BCUT2D eigenvalue weighted by molar-refractivity contribution is 5.84. The molecule has 0 aliphatic carbocycles. The maximum Gasteiger partial charge on any atom is 0.115 e. The molecule has 0 amide bonds. The van der Waals surface area contributed by atoms with Crippen LogP contribution in [0.5, 0.6) is 0 Å². The van der Waals surface area contributed by atoms with Crippen LogP contribution in [0.4, 0.5) is 0 Å². The standard InChI is InChI=1S/C20H22N4/c1-15-3-2-9-24(15)10-8-19-6-4-17-11-16(5-7-20(17)23-19)18-12-21-14-22-13-18/h4-7,11-15H,2-3,8-10H2,1H3/t15-/m1/s1. The summed E-state index contributed by atoms with van der Waals surface area (Å²) in [6.07, 6.45) is 8.92. The van der Waals surface area contributed by atoms with Crippen molar-refractivity contribution in [2.45, 2.75) is 32.2 Å². The summed E-state index contributed by atoms with van der Waals surface area (Å²) in [4.78, 5) is 15.6. The van der Waals surface area contributed by atoms with Gasteiger partial charge in [-0.25, -0.2) is 9.97 Å². The fraction of sp³-hybridized carbons (Fsp3) is 0.350. The van der Waals surface area contributed by atoms with Crippen molar-refractivity contribution in [1.29, 1.82) is 0 Å². The number of pyridine rings is 1. The van der Waals surface area contributed by atoms with E-state index >= 15 is 0 Å². The Balaban J connectivity index is 1.53. The first-order valence-corrected chi connectivity index (χ1v) is 8.69. The monoisotopic (exact) mass is 318 g/mol. The molecule has 1 saturated heterocycles. The Hall–Kier alpha value is -2.33. The molecule has 1 aromatic carbocycles. The van der Waals surface area contributed by atoms with Gasteiger partial charge in [0.25, 0.3) is 0 Å². The minimum Gasteiger partial charge on any atom is -0.300 e. The summed E-state index contributed by atoms with van der Waals surface area (Å²) in [5.41, 5.74) is 4.40. The lowest BCUT2D eigenvalue weighted by Gasteiger charge is -2.20. The average Bonchev–Trinajstić information content (AvgIpc) is 3.05. The molecule has 3 heterocycles. The molecule has 3 aromatic rings. The van der Waals surface area contributed by atoms with Crippen molar-refractivity contribution < 1.29 is 0 Å². The van der Waals surface area contributed by atoms with Gasteiger partial charge >= 0.3 is 0 Å². The van der Waals surface area contributed by atoms with Crippen molar-refractivity contribution >= 4 is 10.9 Å². The van der Waals surface area contributed by atoms with Gasteiger partial charge in [-0.1, -0.05) is 12.1 Å². The highest BCUT2D eigenvalue weighted by Crippen LogP contribution is 2.23. The van der Waals surface area contributed by atoms with Crippen molar-refractivity contribution in [2.24, 2.45) is 0 Å². The Morgan fingerprint density at radius 2 is 1.96 bits per heavy atom. The maximum absolute atomic E-state index is 4.84. The molecule has 0 unspecified atom stereocenters. The van der Waals surface area contributed by atoms with Crippen LogP contribution < -0.4 is 0 Å². The Kier molecular flexibility index (Phi) is 4.22. The van der Waals surface area contributed by atoms with Gasteiger partial charge in [0.05, 0.1) is 5.52 Å². The predicted octanol–water partition coefficient (Wildman–Crippen LogP) is 3.72. The third-order valence-electron chi connectivity index (χ3n) is 4.99. The van der Waals surface area contributed by atoms with Gasteiger partial charge in [-0.3, -0.25) is 4.98 Å². The summed E-state index contributed by atoms with van der Waals surface area (Å²) in [5, 5.41) is 1.16. The number of likely N-dealkylation sites (tertiary alicyclic amines) is 1. The Morgan fingerprint density at radius 3 is 2.75 bits per heavy atom. The zero-order valence-corrected chi connectivity index (χ0v) is 14.0. The molecule has 24 heavy (non-hydrogen) atoms. The van der Waals surface area contributed by atoms with Crippen LogP contribution in [0, 0.1) is 0 Å². The number of hydrogen-bond acceptors (Lipinski definition) is 4.